The van der Waals surface area contributed by atoms with E-state index in [1.807, 2.05) is 0 Å². The van der Waals surface area contributed by atoms with Gasteiger partial charge >= 0.3 is 15.2 Å². The van der Waals surface area contributed by atoms with Crippen LogP contribution >= 0.6 is 27.0 Å². The molecule has 0 aliphatic heterocycles. The summed E-state index contributed by atoms with van der Waals surface area (Å²) in [5, 5.41) is 6.52. The number of thioether (sulfide) groups is 1. The fourth-order valence-corrected chi connectivity index (χ4v) is 4.83. The molecule has 7 nitrogen and oxygen atoms in total. The Labute approximate surface area is 114 Å². The van der Waals surface area contributed by atoms with E-state index >= 15 is 0 Å². The molecule has 0 saturated carbocycles. The normalized spacial score (nSPS) is 12.9. The van der Waals surface area contributed by atoms with E-state index in [0.717, 1.165) is 4.90 Å². The second-order valence-corrected chi connectivity index (χ2v) is 8.66. The first-order valence-electron chi connectivity index (χ1n) is 5.10. The Morgan fingerprint density at radius 3 is 1.84 bits per heavy atom. The molecule has 0 heterocycles. The van der Waals surface area contributed by atoms with Crippen molar-refractivity contribution in [3.8, 4) is 0 Å². The first kappa shape index (κ1) is 16.9. The summed E-state index contributed by atoms with van der Waals surface area (Å²) in [6.45, 7) is -0.0139. The van der Waals surface area contributed by atoms with Gasteiger partial charge in [-0.2, -0.15) is 0 Å². The van der Waals surface area contributed by atoms with Gasteiger partial charge in [-0.1, -0.05) is 12.1 Å². The molecule has 0 fully saturated rings. The van der Waals surface area contributed by atoms with Gasteiger partial charge in [-0.15, -0.1) is 11.8 Å². The SMILES string of the molecule is O=P(O)(O)C(c1ccc(SCCO)cc1)P(=O)(O)O. The monoisotopic (exact) mass is 328 g/mol. The zero-order chi connectivity index (χ0) is 14.7. The van der Waals surface area contributed by atoms with Crippen LogP contribution in [0.3, 0.4) is 0 Å². The van der Waals surface area contributed by atoms with Gasteiger partial charge in [0.05, 0.1) is 6.61 Å². The second kappa shape index (κ2) is 6.52. The molecule has 0 aliphatic carbocycles. The molecule has 1 aromatic carbocycles. The topological polar surface area (TPSA) is 135 Å². The van der Waals surface area contributed by atoms with Gasteiger partial charge in [-0.3, -0.25) is 9.13 Å². The van der Waals surface area contributed by atoms with E-state index < -0.39 is 20.6 Å². The lowest BCUT2D eigenvalue weighted by atomic mass is 10.2. The third-order valence-electron chi connectivity index (χ3n) is 2.18. The van der Waals surface area contributed by atoms with Gasteiger partial charge in [0, 0.05) is 10.6 Å². The zero-order valence-electron chi connectivity index (χ0n) is 9.66. The van der Waals surface area contributed by atoms with Gasteiger partial charge in [0.2, 0.25) is 0 Å². The third kappa shape index (κ3) is 5.02. The number of rotatable bonds is 6. The Balaban J connectivity index is 3.06. The van der Waals surface area contributed by atoms with Crippen LogP contribution in [0.15, 0.2) is 29.2 Å². The molecule has 0 atom stereocenters. The molecule has 5 N–H and O–H groups in total. The van der Waals surface area contributed by atoms with Crippen molar-refractivity contribution in [1.29, 1.82) is 0 Å². The molecular formula is C9H14O7P2S. The minimum absolute atomic E-state index is 0.0139. The highest BCUT2D eigenvalue weighted by molar-refractivity contribution is 7.99. The summed E-state index contributed by atoms with van der Waals surface area (Å²) in [4.78, 5) is 37.0. The van der Waals surface area contributed by atoms with Crippen molar-refractivity contribution in [2.24, 2.45) is 0 Å². The van der Waals surface area contributed by atoms with Crippen LogP contribution in [0.2, 0.25) is 0 Å². The van der Waals surface area contributed by atoms with Crippen molar-refractivity contribution in [3.05, 3.63) is 29.8 Å². The van der Waals surface area contributed by atoms with Crippen LogP contribution in [-0.2, 0) is 9.13 Å². The van der Waals surface area contributed by atoms with Crippen LogP contribution in [0.5, 0.6) is 0 Å². The Morgan fingerprint density at radius 1 is 1.00 bits per heavy atom. The smallest absolute Gasteiger partial charge is 0.345 e. The number of benzene rings is 1. The maximum absolute atomic E-state index is 11.2. The van der Waals surface area contributed by atoms with Crippen LogP contribution < -0.4 is 0 Å². The van der Waals surface area contributed by atoms with Gasteiger partial charge in [-0.25, -0.2) is 0 Å². The summed E-state index contributed by atoms with van der Waals surface area (Å²) < 4.78 is 22.4. The van der Waals surface area contributed by atoms with Crippen LogP contribution in [0, 0.1) is 0 Å². The van der Waals surface area contributed by atoms with E-state index in [0.29, 0.717) is 5.75 Å². The van der Waals surface area contributed by atoms with Gasteiger partial charge in [0.1, 0.15) is 0 Å². The van der Waals surface area contributed by atoms with Crippen molar-refractivity contribution in [3.63, 3.8) is 0 Å². The predicted octanol–water partition coefficient (Wildman–Crippen LogP) is 1.12. The first-order valence-corrected chi connectivity index (χ1v) is 9.45. The highest BCUT2D eigenvalue weighted by atomic mass is 32.2. The number of aliphatic hydroxyl groups excluding tert-OH is 1. The predicted molar refractivity (Wildman–Crippen MR) is 71.1 cm³/mol. The highest BCUT2D eigenvalue weighted by Gasteiger charge is 2.44. The molecule has 108 valence electrons. The van der Waals surface area contributed by atoms with Gasteiger partial charge in [0.25, 0.3) is 0 Å². The molecule has 0 aromatic heterocycles. The number of hydrogen-bond donors (Lipinski definition) is 5. The van der Waals surface area contributed by atoms with Crippen molar-refractivity contribution in [2.45, 2.75) is 10.3 Å². The molecule has 0 unspecified atom stereocenters. The first-order chi connectivity index (χ1) is 8.66. The summed E-state index contributed by atoms with van der Waals surface area (Å²) in [7, 11) is -9.93. The molecular weight excluding hydrogens is 314 g/mol. The maximum atomic E-state index is 11.2. The van der Waals surface area contributed by atoms with Gasteiger partial charge < -0.3 is 24.7 Å². The van der Waals surface area contributed by atoms with Crippen molar-refractivity contribution < 1.29 is 33.8 Å². The zero-order valence-corrected chi connectivity index (χ0v) is 12.3. The summed E-state index contributed by atoms with van der Waals surface area (Å²) >= 11 is 1.32. The molecule has 19 heavy (non-hydrogen) atoms. The van der Waals surface area contributed by atoms with Crippen LogP contribution in [0.25, 0.3) is 0 Å². The Kier molecular flexibility index (Phi) is 5.79. The van der Waals surface area contributed by atoms with Crippen molar-refractivity contribution in [1.82, 2.24) is 0 Å². The van der Waals surface area contributed by atoms with E-state index in [1.54, 1.807) is 0 Å². The molecule has 0 amide bonds. The van der Waals surface area contributed by atoms with Crippen LogP contribution in [0.1, 0.15) is 11.0 Å². The van der Waals surface area contributed by atoms with Crippen molar-refractivity contribution >= 4 is 27.0 Å². The lowest BCUT2D eigenvalue weighted by Crippen LogP contribution is -2.01. The fourth-order valence-electron chi connectivity index (χ4n) is 1.48. The summed E-state index contributed by atoms with van der Waals surface area (Å²) in [5.74, 6) is 0.458. The largest absolute Gasteiger partial charge is 0.396 e. The van der Waals surface area contributed by atoms with E-state index in [-0.39, 0.29) is 12.2 Å². The summed E-state index contributed by atoms with van der Waals surface area (Å²) in [5.41, 5.74) is -0.116. The second-order valence-electron chi connectivity index (χ2n) is 3.69. The average Bonchev–Trinajstić information content (AvgIpc) is 2.24. The minimum Gasteiger partial charge on any atom is -0.396 e. The Bertz CT molecular complexity index is 484. The van der Waals surface area contributed by atoms with Crippen LogP contribution in [-0.4, -0.2) is 37.0 Å². The molecule has 0 spiro atoms. The average molecular weight is 328 g/mol. The highest BCUT2D eigenvalue weighted by Crippen LogP contribution is 2.69. The minimum atomic E-state index is -4.97. The molecule has 1 rings (SSSR count). The van der Waals surface area contributed by atoms with Crippen LogP contribution in [0.4, 0.5) is 0 Å². The number of hydrogen-bond acceptors (Lipinski definition) is 4. The summed E-state index contributed by atoms with van der Waals surface area (Å²) in [6, 6.07) is 5.52. The lowest BCUT2D eigenvalue weighted by Gasteiger charge is -2.20. The Hall–Kier alpha value is -0.170. The molecule has 0 radical (unpaired) electrons. The molecule has 1 aromatic rings. The van der Waals surface area contributed by atoms with Gasteiger partial charge in [0.15, 0.2) is 5.40 Å². The van der Waals surface area contributed by atoms with E-state index in [4.69, 9.17) is 24.7 Å². The van der Waals surface area contributed by atoms with Gasteiger partial charge in [-0.05, 0) is 17.7 Å². The third-order valence-corrected chi connectivity index (χ3v) is 6.84. The van der Waals surface area contributed by atoms with E-state index in [1.165, 1.54) is 36.0 Å². The number of aliphatic hydroxyl groups is 1. The van der Waals surface area contributed by atoms with E-state index in [2.05, 4.69) is 0 Å². The quantitative estimate of drug-likeness (QED) is 0.387. The maximum Gasteiger partial charge on any atom is 0.345 e. The molecule has 10 heteroatoms. The molecule has 0 saturated heterocycles. The lowest BCUT2D eigenvalue weighted by molar-refractivity contribution is 0.322. The standard InChI is InChI=1S/C9H14O7P2S/c10-5-6-19-8-3-1-7(2-4-8)9(17(11,12)13)18(14,15)16/h1-4,9-10H,5-6H2,(H2,11,12,13)(H2,14,15,16). The molecule has 0 bridgehead atoms. The summed E-state index contributed by atoms with van der Waals surface area (Å²) in [6.07, 6.45) is 0. The Morgan fingerprint density at radius 2 is 1.47 bits per heavy atom. The molecule has 0 aliphatic rings. The van der Waals surface area contributed by atoms with Crippen molar-refractivity contribution in [2.75, 3.05) is 12.4 Å². The fraction of sp³-hybridized carbons (Fsp3) is 0.333. The van der Waals surface area contributed by atoms with E-state index in [9.17, 15) is 9.13 Å².